The van der Waals surface area contributed by atoms with Crippen molar-refractivity contribution in [3.8, 4) is 5.75 Å². The van der Waals surface area contributed by atoms with Crippen molar-refractivity contribution in [3.63, 3.8) is 0 Å². The van der Waals surface area contributed by atoms with Crippen molar-refractivity contribution in [3.05, 3.63) is 26.8 Å². The van der Waals surface area contributed by atoms with Crippen LogP contribution in [0.1, 0.15) is 59.1 Å². The molecule has 0 amide bonds. The van der Waals surface area contributed by atoms with Crippen molar-refractivity contribution in [2.45, 2.75) is 58.8 Å². The molecule has 1 aromatic rings. The second-order valence-electron chi connectivity index (χ2n) is 7.26. The van der Waals surface area contributed by atoms with Gasteiger partial charge in [0, 0.05) is 18.6 Å². The van der Waals surface area contributed by atoms with Crippen molar-refractivity contribution in [2.75, 3.05) is 13.2 Å². The van der Waals surface area contributed by atoms with Crippen molar-refractivity contribution in [1.29, 1.82) is 0 Å². The summed E-state index contributed by atoms with van der Waals surface area (Å²) in [6, 6.07) is 4.49. The Hall–Kier alpha value is -0.290. The van der Waals surface area contributed by atoms with Crippen molar-refractivity contribution in [1.82, 2.24) is 0 Å². The Bertz CT molecular complexity index is 453. The van der Waals surface area contributed by atoms with Crippen LogP contribution in [0.25, 0.3) is 0 Å². The molecule has 1 aromatic carbocycles. The lowest BCUT2D eigenvalue weighted by Crippen LogP contribution is -2.19. The fraction of sp³-hybridized carbons (Fsp3) is 0.647. The quantitative estimate of drug-likeness (QED) is 0.599. The number of benzene rings is 1. The molecule has 1 rings (SSSR count). The average Bonchev–Trinajstić information content (AvgIpc) is 2.28. The Morgan fingerprint density at radius 2 is 1.65 bits per heavy atom. The number of aliphatic hydroxyl groups excluding tert-OH is 1. The predicted octanol–water partition coefficient (Wildman–Crippen LogP) is 4.65. The minimum absolute atomic E-state index is 0.0374. The molecule has 114 valence electrons. The smallest absolute Gasteiger partial charge is 0.136 e. The molecule has 0 fully saturated rings. The maximum atomic E-state index is 8.91. The third kappa shape index (κ3) is 4.62. The SMILES string of the molecule is CC(C)(C)c1cc(I)c(OCCCO)c(C(C)(C)C)c1. The summed E-state index contributed by atoms with van der Waals surface area (Å²) in [4.78, 5) is 0. The molecule has 0 aliphatic rings. The maximum absolute atomic E-state index is 8.91. The van der Waals surface area contributed by atoms with E-state index in [1.807, 2.05) is 0 Å². The maximum Gasteiger partial charge on any atom is 0.136 e. The highest BCUT2D eigenvalue weighted by atomic mass is 127. The van der Waals surface area contributed by atoms with Crippen LogP contribution in [0.3, 0.4) is 0 Å². The van der Waals surface area contributed by atoms with Gasteiger partial charge in [-0.15, -0.1) is 0 Å². The zero-order valence-electron chi connectivity index (χ0n) is 13.5. The molecule has 0 aliphatic carbocycles. The van der Waals surface area contributed by atoms with Gasteiger partial charge >= 0.3 is 0 Å². The van der Waals surface area contributed by atoms with Crippen LogP contribution in [-0.2, 0) is 10.8 Å². The lowest BCUT2D eigenvalue weighted by Gasteiger charge is -2.28. The van der Waals surface area contributed by atoms with Gasteiger partial charge in [0.15, 0.2) is 0 Å². The molecule has 3 heteroatoms. The van der Waals surface area contributed by atoms with E-state index in [1.165, 1.54) is 11.1 Å². The van der Waals surface area contributed by atoms with Gasteiger partial charge in [-0.1, -0.05) is 47.6 Å². The Kier molecular flexibility index (Phi) is 5.90. The zero-order chi connectivity index (χ0) is 15.6. The molecule has 1 N–H and O–H groups in total. The zero-order valence-corrected chi connectivity index (χ0v) is 15.7. The molecule has 0 unspecified atom stereocenters. The van der Waals surface area contributed by atoms with Crippen LogP contribution in [0.15, 0.2) is 12.1 Å². The average molecular weight is 390 g/mol. The first-order valence-corrected chi connectivity index (χ1v) is 8.23. The number of halogens is 1. The number of hydrogen-bond donors (Lipinski definition) is 1. The molecule has 0 aliphatic heterocycles. The lowest BCUT2D eigenvalue weighted by atomic mass is 9.80. The summed E-state index contributed by atoms with van der Waals surface area (Å²) in [6.45, 7) is 14.1. The Labute approximate surface area is 137 Å². The molecular formula is C17H27IO2. The highest BCUT2D eigenvalue weighted by Gasteiger charge is 2.25. The van der Waals surface area contributed by atoms with E-state index in [1.54, 1.807) is 0 Å². The fourth-order valence-corrected chi connectivity index (χ4v) is 2.75. The van der Waals surface area contributed by atoms with Gasteiger partial charge in [0.25, 0.3) is 0 Å². The first kappa shape index (κ1) is 17.8. The summed E-state index contributed by atoms with van der Waals surface area (Å²) in [6.07, 6.45) is 0.667. The topological polar surface area (TPSA) is 29.5 Å². The number of hydrogen-bond acceptors (Lipinski definition) is 2. The number of rotatable bonds is 4. The third-order valence-electron chi connectivity index (χ3n) is 3.27. The van der Waals surface area contributed by atoms with Gasteiger partial charge in [0.1, 0.15) is 5.75 Å². The molecule has 0 aromatic heterocycles. The minimum atomic E-state index is 0.0374. The Morgan fingerprint density at radius 3 is 2.10 bits per heavy atom. The normalized spacial score (nSPS) is 12.6. The summed E-state index contributed by atoms with van der Waals surface area (Å²) in [5.41, 5.74) is 2.74. The lowest BCUT2D eigenvalue weighted by molar-refractivity contribution is 0.230. The van der Waals surface area contributed by atoms with Gasteiger partial charge in [-0.25, -0.2) is 0 Å². The third-order valence-corrected chi connectivity index (χ3v) is 4.07. The van der Waals surface area contributed by atoms with Gasteiger partial charge in [0.2, 0.25) is 0 Å². The van der Waals surface area contributed by atoms with Crippen LogP contribution in [0.5, 0.6) is 5.75 Å². The van der Waals surface area contributed by atoms with Crippen molar-refractivity contribution >= 4 is 22.6 Å². The van der Waals surface area contributed by atoms with Gasteiger partial charge < -0.3 is 9.84 Å². The van der Waals surface area contributed by atoms with Crippen LogP contribution in [-0.4, -0.2) is 18.3 Å². The molecule has 0 atom stereocenters. The van der Waals surface area contributed by atoms with Gasteiger partial charge in [-0.3, -0.25) is 0 Å². The Morgan fingerprint density at radius 1 is 1.05 bits per heavy atom. The standard InChI is InChI=1S/C17H27IO2/c1-16(2,3)12-10-13(17(4,5)6)15(14(18)11-12)20-9-7-8-19/h10-11,19H,7-9H2,1-6H3. The second-order valence-corrected chi connectivity index (χ2v) is 8.42. The molecule has 0 saturated heterocycles. The van der Waals surface area contributed by atoms with Crippen LogP contribution in [0.4, 0.5) is 0 Å². The minimum Gasteiger partial charge on any atom is -0.492 e. The second kappa shape index (κ2) is 6.65. The molecule has 2 nitrogen and oxygen atoms in total. The fourth-order valence-electron chi connectivity index (χ4n) is 1.97. The summed E-state index contributed by atoms with van der Waals surface area (Å²) in [5, 5.41) is 8.91. The molecule has 0 saturated carbocycles. The highest BCUT2D eigenvalue weighted by Crippen LogP contribution is 2.39. The van der Waals surface area contributed by atoms with Crippen molar-refractivity contribution in [2.24, 2.45) is 0 Å². The van der Waals surface area contributed by atoms with E-state index in [0.717, 1.165) is 9.32 Å². The van der Waals surface area contributed by atoms with Gasteiger partial charge in [-0.05, 0) is 45.1 Å². The van der Waals surface area contributed by atoms with Crippen LogP contribution >= 0.6 is 22.6 Å². The van der Waals surface area contributed by atoms with Gasteiger partial charge in [0.05, 0.1) is 10.2 Å². The Balaban J connectivity index is 3.29. The largest absolute Gasteiger partial charge is 0.492 e. The molecule has 0 bridgehead atoms. The summed E-state index contributed by atoms with van der Waals surface area (Å²) in [7, 11) is 0. The predicted molar refractivity (Wildman–Crippen MR) is 93.8 cm³/mol. The summed E-state index contributed by atoms with van der Waals surface area (Å²) in [5.74, 6) is 0.972. The summed E-state index contributed by atoms with van der Waals surface area (Å²) < 4.78 is 7.09. The van der Waals surface area contributed by atoms with E-state index in [0.29, 0.717) is 13.0 Å². The van der Waals surface area contributed by atoms with E-state index >= 15 is 0 Å². The monoisotopic (exact) mass is 390 g/mol. The molecule has 0 spiro atoms. The van der Waals surface area contributed by atoms with Crippen molar-refractivity contribution < 1.29 is 9.84 Å². The van der Waals surface area contributed by atoms with E-state index in [2.05, 4.69) is 76.3 Å². The number of ether oxygens (including phenoxy) is 1. The molecule has 20 heavy (non-hydrogen) atoms. The molecule has 0 heterocycles. The first-order chi connectivity index (χ1) is 9.07. The van der Waals surface area contributed by atoms with E-state index in [-0.39, 0.29) is 17.4 Å². The van der Waals surface area contributed by atoms with E-state index < -0.39 is 0 Å². The first-order valence-electron chi connectivity index (χ1n) is 7.15. The van der Waals surface area contributed by atoms with Gasteiger partial charge in [-0.2, -0.15) is 0 Å². The highest BCUT2D eigenvalue weighted by molar-refractivity contribution is 14.1. The van der Waals surface area contributed by atoms with E-state index in [9.17, 15) is 0 Å². The summed E-state index contributed by atoms with van der Waals surface area (Å²) >= 11 is 2.36. The number of aliphatic hydroxyl groups is 1. The van der Waals surface area contributed by atoms with Crippen LogP contribution in [0, 0.1) is 3.57 Å². The van der Waals surface area contributed by atoms with Crippen LogP contribution < -0.4 is 4.74 Å². The molecule has 0 radical (unpaired) electrons. The molecular weight excluding hydrogens is 363 g/mol. The van der Waals surface area contributed by atoms with Crippen LogP contribution in [0.2, 0.25) is 0 Å². The van der Waals surface area contributed by atoms with E-state index in [4.69, 9.17) is 9.84 Å².